The number of benzene rings is 1. The zero-order valence-electron chi connectivity index (χ0n) is 23.3. The molecule has 8 heteroatoms. The number of Topliss-reactive ketones (excluding diaryl/α,β-unsaturated/α-hetero) is 1. The maximum atomic E-state index is 13.1. The van der Waals surface area contributed by atoms with Gasteiger partial charge in [0.1, 0.15) is 11.9 Å². The van der Waals surface area contributed by atoms with E-state index in [1.807, 2.05) is 19.9 Å². The number of rotatable bonds is 12. The van der Waals surface area contributed by atoms with Crippen LogP contribution in [0, 0.1) is 11.8 Å². The molecule has 0 spiro atoms. The van der Waals surface area contributed by atoms with E-state index in [0.29, 0.717) is 11.5 Å². The highest BCUT2D eigenvalue weighted by atomic mass is 28.4. The summed E-state index contributed by atoms with van der Waals surface area (Å²) < 4.78 is 25.0. The minimum Gasteiger partial charge on any atom is -0.455 e. The second-order valence-corrected chi connectivity index (χ2v) is 15.8. The molecule has 1 fully saturated rings. The molecule has 1 aliphatic heterocycles. The average Bonchev–Trinajstić information content (AvgIpc) is 3.13. The molecular weight excluding hydrogens is 476 g/mol. The van der Waals surface area contributed by atoms with Crippen LogP contribution in [0.4, 0.5) is 0 Å². The van der Waals surface area contributed by atoms with Gasteiger partial charge in [0.25, 0.3) is 0 Å². The molecule has 0 aliphatic carbocycles. The Hall–Kier alpha value is -2.03. The fourth-order valence-corrected chi connectivity index (χ4v) is 6.55. The molecule has 1 aromatic carbocycles. The lowest BCUT2D eigenvalue weighted by Crippen LogP contribution is -2.51. The summed E-state index contributed by atoms with van der Waals surface area (Å²) in [6.07, 6.45) is -2.33. The fourth-order valence-electron chi connectivity index (χ4n) is 4.09. The van der Waals surface area contributed by atoms with Gasteiger partial charge in [0.15, 0.2) is 26.8 Å². The number of ether oxygens (including phenoxy) is 3. The van der Waals surface area contributed by atoms with Crippen LogP contribution in [-0.2, 0) is 28.2 Å². The smallest absolute Gasteiger partial charge is 0.338 e. The third kappa shape index (κ3) is 7.26. The maximum Gasteiger partial charge on any atom is 0.338 e. The predicted octanol–water partition coefficient (Wildman–Crippen LogP) is 5.92. The molecule has 0 amide bonds. The van der Waals surface area contributed by atoms with Crippen LogP contribution < -0.4 is 0 Å². The van der Waals surface area contributed by atoms with Gasteiger partial charge in [-0.2, -0.15) is 0 Å². The van der Waals surface area contributed by atoms with Crippen molar-refractivity contribution in [3.8, 4) is 0 Å². The van der Waals surface area contributed by atoms with Gasteiger partial charge in [0, 0.05) is 6.42 Å². The lowest BCUT2D eigenvalue weighted by Gasteiger charge is -2.44. The van der Waals surface area contributed by atoms with Crippen LogP contribution in [0.15, 0.2) is 30.3 Å². The number of carbonyl (C=O) groups excluding carboxylic acids is 3. The number of carbonyl (C=O) groups is 3. The average molecular weight is 521 g/mol. The summed E-state index contributed by atoms with van der Waals surface area (Å²) in [5.74, 6) is -0.769. The van der Waals surface area contributed by atoms with E-state index in [1.165, 1.54) is 6.92 Å². The minimum atomic E-state index is -2.41. The number of esters is 2. The predicted molar refractivity (Wildman–Crippen MR) is 141 cm³/mol. The maximum absolute atomic E-state index is 13.1. The highest BCUT2D eigenvalue weighted by Gasteiger charge is 2.55. The van der Waals surface area contributed by atoms with E-state index < -0.39 is 44.9 Å². The normalized spacial score (nSPS) is 23.4. The molecular formula is C28H44O7Si. The van der Waals surface area contributed by atoms with E-state index in [4.69, 9.17) is 18.6 Å². The summed E-state index contributed by atoms with van der Waals surface area (Å²) in [5, 5.41) is -0.105. The standard InChI is InChI=1S/C28H44O7Si/c1-10-19(4)23-24(32-22(30)17-16-20(5)29)25(33-26(31)21-14-12-11-13-15-21)27(34-23)35-36(8,9)28(6,7)18(2)3/h11-15,18-19,23-25,27H,10,16-17H2,1-9H3/t19-,23?,24?,25?,27?/m1/s1. The van der Waals surface area contributed by atoms with Crippen LogP contribution in [0.3, 0.4) is 0 Å². The molecule has 1 aromatic rings. The zero-order valence-corrected chi connectivity index (χ0v) is 24.3. The monoisotopic (exact) mass is 520 g/mol. The Morgan fingerprint density at radius 1 is 1.00 bits per heavy atom. The minimum absolute atomic E-state index is 0.0185. The summed E-state index contributed by atoms with van der Waals surface area (Å²) in [5.41, 5.74) is 0.393. The summed E-state index contributed by atoms with van der Waals surface area (Å²) in [6.45, 7) is 18.5. The van der Waals surface area contributed by atoms with E-state index in [-0.39, 0.29) is 29.6 Å². The van der Waals surface area contributed by atoms with Crippen molar-refractivity contribution in [2.45, 2.75) is 110 Å². The number of ketones is 1. The summed E-state index contributed by atoms with van der Waals surface area (Å²) in [7, 11) is -2.41. The Kier molecular flexibility index (Phi) is 10.5. The molecule has 1 aliphatic rings. The third-order valence-electron chi connectivity index (χ3n) is 8.02. The molecule has 5 atom stereocenters. The van der Waals surface area contributed by atoms with Crippen molar-refractivity contribution in [1.82, 2.24) is 0 Å². The summed E-state index contributed by atoms with van der Waals surface area (Å²) in [6, 6.07) is 8.70. The molecule has 4 unspecified atom stereocenters. The fraction of sp³-hybridized carbons (Fsp3) is 0.679. The highest BCUT2D eigenvalue weighted by molar-refractivity contribution is 6.74. The Balaban J connectivity index is 2.42. The zero-order chi connectivity index (χ0) is 27.3. The lowest BCUT2D eigenvalue weighted by atomic mass is 9.96. The van der Waals surface area contributed by atoms with E-state index in [2.05, 4.69) is 40.8 Å². The largest absolute Gasteiger partial charge is 0.455 e. The van der Waals surface area contributed by atoms with Gasteiger partial charge in [-0.05, 0) is 49.0 Å². The molecule has 2 rings (SSSR count). The van der Waals surface area contributed by atoms with Crippen molar-refractivity contribution in [2.75, 3.05) is 0 Å². The van der Waals surface area contributed by atoms with Crippen molar-refractivity contribution in [2.24, 2.45) is 11.8 Å². The first-order chi connectivity index (χ1) is 16.7. The van der Waals surface area contributed by atoms with Crippen LogP contribution in [0.2, 0.25) is 18.1 Å². The Morgan fingerprint density at radius 3 is 2.14 bits per heavy atom. The van der Waals surface area contributed by atoms with Gasteiger partial charge in [-0.3, -0.25) is 4.79 Å². The second-order valence-electron chi connectivity index (χ2n) is 11.3. The van der Waals surface area contributed by atoms with E-state index in [1.54, 1.807) is 24.3 Å². The van der Waals surface area contributed by atoms with E-state index >= 15 is 0 Å². The number of hydrogen-bond acceptors (Lipinski definition) is 7. The molecule has 0 radical (unpaired) electrons. The van der Waals surface area contributed by atoms with Crippen molar-refractivity contribution in [3.63, 3.8) is 0 Å². The molecule has 0 saturated carbocycles. The Bertz CT molecular complexity index is 896. The first-order valence-electron chi connectivity index (χ1n) is 13.0. The molecule has 7 nitrogen and oxygen atoms in total. The molecule has 0 bridgehead atoms. The Labute approximate surface area is 217 Å². The van der Waals surface area contributed by atoms with Gasteiger partial charge in [-0.1, -0.05) is 66.2 Å². The van der Waals surface area contributed by atoms with E-state index in [0.717, 1.165) is 6.42 Å². The van der Waals surface area contributed by atoms with Crippen LogP contribution in [-0.4, -0.2) is 50.6 Å². The topological polar surface area (TPSA) is 88.1 Å². The van der Waals surface area contributed by atoms with Crippen molar-refractivity contribution in [1.29, 1.82) is 0 Å². The van der Waals surface area contributed by atoms with Gasteiger partial charge in [0.05, 0.1) is 12.0 Å². The van der Waals surface area contributed by atoms with Crippen LogP contribution in [0.1, 0.15) is 78.1 Å². The highest BCUT2D eigenvalue weighted by Crippen LogP contribution is 2.47. The first-order valence-corrected chi connectivity index (χ1v) is 15.9. The number of hydrogen-bond donors (Lipinski definition) is 0. The molecule has 1 saturated heterocycles. The quantitative estimate of drug-likeness (QED) is 0.250. The third-order valence-corrected chi connectivity index (χ3v) is 12.5. The van der Waals surface area contributed by atoms with E-state index in [9.17, 15) is 14.4 Å². The molecule has 202 valence electrons. The van der Waals surface area contributed by atoms with Crippen molar-refractivity contribution in [3.05, 3.63) is 35.9 Å². The summed E-state index contributed by atoms with van der Waals surface area (Å²) in [4.78, 5) is 37.2. The van der Waals surface area contributed by atoms with Crippen LogP contribution in [0.25, 0.3) is 0 Å². The summed E-state index contributed by atoms with van der Waals surface area (Å²) >= 11 is 0. The van der Waals surface area contributed by atoms with Crippen molar-refractivity contribution < 1.29 is 33.0 Å². The molecule has 1 heterocycles. The van der Waals surface area contributed by atoms with Gasteiger partial charge < -0.3 is 23.4 Å². The lowest BCUT2D eigenvalue weighted by molar-refractivity contribution is -0.158. The van der Waals surface area contributed by atoms with Gasteiger partial charge in [-0.15, -0.1) is 0 Å². The van der Waals surface area contributed by atoms with Gasteiger partial charge in [-0.25, -0.2) is 4.79 Å². The molecule has 0 aromatic heterocycles. The van der Waals surface area contributed by atoms with Crippen LogP contribution in [0.5, 0.6) is 0 Å². The Morgan fingerprint density at radius 2 is 1.61 bits per heavy atom. The van der Waals surface area contributed by atoms with Gasteiger partial charge in [0.2, 0.25) is 0 Å². The first kappa shape index (κ1) is 30.2. The second kappa shape index (κ2) is 12.5. The molecule has 0 N–H and O–H groups in total. The van der Waals surface area contributed by atoms with Crippen LogP contribution >= 0.6 is 0 Å². The van der Waals surface area contributed by atoms with Crippen molar-refractivity contribution >= 4 is 26.0 Å². The SMILES string of the molecule is CC[C@@H](C)C1OC(O[Si](C)(C)C(C)(C)C(C)C)C(OC(=O)c2ccccc2)C1OC(=O)CCC(C)=O. The van der Waals surface area contributed by atoms with Gasteiger partial charge >= 0.3 is 11.9 Å². The molecule has 36 heavy (non-hydrogen) atoms.